The second-order valence-corrected chi connectivity index (χ2v) is 3.89. The zero-order valence-corrected chi connectivity index (χ0v) is 10.5. The number of rotatable bonds is 5. The van der Waals surface area contributed by atoms with Crippen LogP contribution in [0.2, 0.25) is 0 Å². The number of anilines is 1. The summed E-state index contributed by atoms with van der Waals surface area (Å²) in [5.41, 5.74) is 1.99. The van der Waals surface area contributed by atoms with Crippen molar-refractivity contribution in [2.24, 2.45) is 0 Å². The first-order chi connectivity index (χ1) is 9.19. The minimum Gasteiger partial charge on any atom is -0.482 e. The van der Waals surface area contributed by atoms with Crippen molar-refractivity contribution >= 4 is 11.8 Å². The maximum absolute atomic E-state index is 10.4. The summed E-state index contributed by atoms with van der Waals surface area (Å²) < 4.78 is 5.07. The van der Waals surface area contributed by atoms with Crippen molar-refractivity contribution in [1.29, 1.82) is 0 Å². The van der Waals surface area contributed by atoms with E-state index in [-0.39, 0.29) is 6.61 Å². The van der Waals surface area contributed by atoms with Crippen LogP contribution in [0.3, 0.4) is 0 Å². The maximum Gasteiger partial charge on any atom is 0.341 e. The summed E-state index contributed by atoms with van der Waals surface area (Å²) in [6.07, 6.45) is 1.78. The minimum atomic E-state index is -0.990. The van der Waals surface area contributed by atoms with Gasteiger partial charge in [-0.1, -0.05) is 12.1 Å². The van der Waals surface area contributed by atoms with Crippen molar-refractivity contribution in [1.82, 2.24) is 4.98 Å². The van der Waals surface area contributed by atoms with Crippen LogP contribution in [0.4, 0.5) is 5.82 Å². The molecule has 0 saturated heterocycles. The van der Waals surface area contributed by atoms with Gasteiger partial charge < -0.3 is 15.2 Å². The zero-order chi connectivity index (χ0) is 13.7. The van der Waals surface area contributed by atoms with Gasteiger partial charge in [0.05, 0.1) is 0 Å². The molecule has 0 amide bonds. The lowest BCUT2D eigenvalue weighted by Gasteiger charge is -2.06. The Labute approximate surface area is 110 Å². The number of nitrogens with zero attached hydrogens (tertiary/aromatic N) is 1. The maximum atomic E-state index is 10.4. The molecular weight excluding hydrogens is 244 g/mol. The number of carbonyl (C=O) groups is 1. The highest BCUT2D eigenvalue weighted by Gasteiger charge is 2.01. The Balaban J connectivity index is 2.10. The molecule has 0 aliphatic heterocycles. The van der Waals surface area contributed by atoms with Gasteiger partial charge in [0.2, 0.25) is 0 Å². The molecule has 0 bridgehead atoms. The Bertz CT molecular complexity index is 550. The molecule has 0 spiro atoms. The molecule has 1 aromatic heterocycles. The van der Waals surface area contributed by atoms with Gasteiger partial charge in [-0.25, -0.2) is 9.78 Å². The molecule has 1 heterocycles. The zero-order valence-electron chi connectivity index (χ0n) is 10.5. The van der Waals surface area contributed by atoms with Gasteiger partial charge in [-0.2, -0.15) is 0 Å². The summed E-state index contributed by atoms with van der Waals surface area (Å²) in [6, 6.07) is 11.1. The number of ether oxygens (including phenoxy) is 1. The second kappa shape index (κ2) is 5.86. The van der Waals surface area contributed by atoms with E-state index in [2.05, 4.69) is 10.3 Å². The summed E-state index contributed by atoms with van der Waals surface area (Å²) in [6.45, 7) is -0.336. The first-order valence-electron chi connectivity index (χ1n) is 5.78. The number of hydrogen-bond acceptors (Lipinski definition) is 4. The monoisotopic (exact) mass is 258 g/mol. The van der Waals surface area contributed by atoms with Gasteiger partial charge in [0.25, 0.3) is 0 Å². The molecule has 0 atom stereocenters. The predicted octanol–water partition coefficient (Wildman–Crippen LogP) is 2.25. The van der Waals surface area contributed by atoms with Crippen molar-refractivity contribution in [3.63, 3.8) is 0 Å². The number of pyridine rings is 1. The van der Waals surface area contributed by atoms with E-state index < -0.39 is 5.97 Å². The fraction of sp³-hybridized carbons (Fsp3) is 0.143. The van der Waals surface area contributed by atoms with Crippen LogP contribution in [-0.2, 0) is 4.79 Å². The van der Waals surface area contributed by atoms with Crippen LogP contribution in [0.5, 0.6) is 5.75 Å². The van der Waals surface area contributed by atoms with Gasteiger partial charge in [-0.05, 0) is 29.8 Å². The summed E-state index contributed by atoms with van der Waals surface area (Å²) in [4.78, 5) is 14.6. The number of benzene rings is 1. The fourth-order valence-electron chi connectivity index (χ4n) is 1.60. The molecular formula is C14H14N2O3. The topological polar surface area (TPSA) is 71.5 Å². The van der Waals surface area contributed by atoms with Crippen molar-refractivity contribution in [3.8, 4) is 16.9 Å². The smallest absolute Gasteiger partial charge is 0.341 e. The Hall–Kier alpha value is -2.56. The van der Waals surface area contributed by atoms with Crippen LogP contribution >= 0.6 is 0 Å². The van der Waals surface area contributed by atoms with Crippen molar-refractivity contribution < 1.29 is 14.6 Å². The van der Waals surface area contributed by atoms with Gasteiger partial charge in [-0.3, -0.25) is 0 Å². The average molecular weight is 258 g/mol. The lowest BCUT2D eigenvalue weighted by atomic mass is 10.1. The molecule has 0 fully saturated rings. The summed E-state index contributed by atoms with van der Waals surface area (Å²) in [7, 11) is 1.82. The third-order valence-electron chi connectivity index (χ3n) is 2.57. The Morgan fingerprint density at radius 1 is 1.21 bits per heavy atom. The van der Waals surface area contributed by atoms with E-state index in [0.29, 0.717) is 5.75 Å². The van der Waals surface area contributed by atoms with E-state index in [0.717, 1.165) is 16.9 Å². The number of aromatic nitrogens is 1. The molecule has 5 nitrogen and oxygen atoms in total. The second-order valence-electron chi connectivity index (χ2n) is 3.89. The molecule has 0 aliphatic rings. The van der Waals surface area contributed by atoms with Crippen LogP contribution < -0.4 is 10.1 Å². The van der Waals surface area contributed by atoms with Crippen LogP contribution in [0.25, 0.3) is 11.1 Å². The van der Waals surface area contributed by atoms with Crippen LogP contribution in [-0.4, -0.2) is 29.7 Å². The molecule has 0 aliphatic carbocycles. The Morgan fingerprint density at radius 2 is 1.89 bits per heavy atom. The van der Waals surface area contributed by atoms with Crippen molar-refractivity contribution in [3.05, 3.63) is 42.6 Å². The van der Waals surface area contributed by atoms with Gasteiger partial charge in [0.15, 0.2) is 6.61 Å². The molecule has 19 heavy (non-hydrogen) atoms. The number of carboxylic acids is 1. The molecule has 0 unspecified atom stereocenters. The normalized spacial score (nSPS) is 9.95. The quantitative estimate of drug-likeness (QED) is 0.860. The molecule has 1 aromatic carbocycles. The highest BCUT2D eigenvalue weighted by molar-refractivity contribution is 5.68. The number of nitrogens with one attached hydrogen (secondary N) is 1. The van der Waals surface area contributed by atoms with Gasteiger partial charge >= 0.3 is 5.97 Å². The van der Waals surface area contributed by atoms with Gasteiger partial charge in [0.1, 0.15) is 11.6 Å². The van der Waals surface area contributed by atoms with E-state index in [1.165, 1.54) is 0 Å². The predicted molar refractivity (Wildman–Crippen MR) is 72.4 cm³/mol. The summed E-state index contributed by atoms with van der Waals surface area (Å²) in [5.74, 6) is 0.354. The first kappa shape index (κ1) is 12.9. The van der Waals surface area contributed by atoms with Crippen LogP contribution in [0.1, 0.15) is 0 Å². The number of carboxylic acid groups (broad SMARTS) is 1. The molecule has 5 heteroatoms. The fourth-order valence-corrected chi connectivity index (χ4v) is 1.60. The number of aliphatic carboxylic acids is 1. The molecule has 98 valence electrons. The molecule has 0 saturated carbocycles. The lowest BCUT2D eigenvalue weighted by Crippen LogP contribution is -2.09. The molecule has 2 rings (SSSR count). The van der Waals surface area contributed by atoms with Crippen molar-refractivity contribution in [2.75, 3.05) is 19.0 Å². The van der Waals surface area contributed by atoms with Gasteiger partial charge in [-0.15, -0.1) is 0 Å². The van der Waals surface area contributed by atoms with Crippen molar-refractivity contribution in [2.45, 2.75) is 0 Å². The van der Waals surface area contributed by atoms with E-state index in [9.17, 15) is 4.79 Å². The van der Waals surface area contributed by atoms with E-state index in [1.54, 1.807) is 18.3 Å². The van der Waals surface area contributed by atoms with E-state index in [4.69, 9.17) is 9.84 Å². The SMILES string of the molecule is CNc1ccc(-c2ccc(OCC(=O)O)cc2)cn1. The van der Waals surface area contributed by atoms with Crippen LogP contribution in [0.15, 0.2) is 42.6 Å². The summed E-state index contributed by atoms with van der Waals surface area (Å²) >= 11 is 0. The third-order valence-corrected chi connectivity index (χ3v) is 2.57. The Morgan fingerprint density at radius 3 is 2.42 bits per heavy atom. The highest BCUT2D eigenvalue weighted by Crippen LogP contribution is 2.22. The highest BCUT2D eigenvalue weighted by atomic mass is 16.5. The molecule has 0 radical (unpaired) electrons. The minimum absolute atomic E-state index is 0.336. The molecule has 2 N–H and O–H groups in total. The van der Waals surface area contributed by atoms with Gasteiger partial charge in [0, 0.05) is 18.8 Å². The van der Waals surface area contributed by atoms with E-state index >= 15 is 0 Å². The van der Waals surface area contributed by atoms with Crippen LogP contribution in [0, 0.1) is 0 Å². The lowest BCUT2D eigenvalue weighted by molar-refractivity contribution is -0.139. The standard InChI is InChI=1S/C14H14N2O3/c1-15-13-7-4-11(8-16-13)10-2-5-12(6-3-10)19-9-14(17)18/h2-8H,9H2,1H3,(H,15,16)(H,17,18). The first-order valence-corrected chi connectivity index (χ1v) is 5.78. The summed E-state index contributed by atoms with van der Waals surface area (Å²) in [5, 5.41) is 11.5. The average Bonchev–Trinajstić information content (AvgIpc) is 2.46. The largest absolute Gasteiger partial charge is 0.482 e. The molecule has 2 aromatic rings. The number of hydrogen-bond donors (Lipinski definition) is 2. The van der Waals surface area contributed by atoms with E-state index in [1.807, 2.05) is 31.3 Å². The Kier molecular flexibility index (Phi) is 3.97. The third kappa shape index (κ3) is 3.45.